The smallest absolute Gasteiger partial charge is 0.242 e. The van der Waals surface area contributed by atoms with E-state index in [2.05, 4.69) is 38.8 Å². The van der Waals surface area contributed by atoms with Gasteiger partial charge in [0.25, 0.3) is 0 Å². The predicted octanol–water partition coefficient (Wildman–Crippen LogP) is 5.49. The first-order valence-corrected chi connectivity index (χ1v) is 6.78. The summed E-state index contributed by atoms with van der Waals surface area (Å²) in [4.78, 5) is 0. The summed E-state index contributed by atoms with van der Waals surface area (Å²) in [5.41, 5.74) is 0. The lowest BCUT2D eigenvalue weighted by Crippen LogP contribution is -2.20. The molecule has 1 atom stereocenters. The summed E-state index contributed by atoms with van der Waals surface area (Å²) >= 11 is 5.23. The van der Waals surface area contributed by atoms with Crippen molar-refractivity contribution in [3.05, 3.63) is 0 Å². The van der Waals surface area contributed by atoms with E-state index in [9.17, 15) is 8.78 Å². The fourth-order valence-corrected chi connectivity index (χ4v) is 1.73. The van der Waals surface area contributed by atoms with Crippen LogP contribution in [-0.4, -0.2) is 9.66 Å². The van der Waals surface area contributed by atoms with Crippen molar-refractivity contribution in [1.29, 1.82) is 0 Å². The molecule has 0 aromatic heterocycles. The average molecular weight is 336 g/mol. The van der Waals surface area contributed by atoms with Crippen LogP contribution in [0.1, 0.15) is 51.9 Å². The Kier molecular flexibility index (Phi) is 8.50. The van der Waals surface area contributed by atoms with Gasteiger partial charge in [0.1, 0.15) is 0 Å². The molecule has 0 amide bonds. The fraction of sp³-hybridized carbons (Fsp3) is 1.00. The van der Waals surface area contributed by atoms with Crippen molar-refractivity contribution in [3.8, 4) is 0 Å². The molecule has 0 aliphatic heterocycles. The molecule has 0 saturated carbocycles. The number of halogens is 4. The first-order chi connectivity index (χ1) is 6.48. The standard InChI is InChI=1S/C10H18Br2F2/c1-2-3-4-5-6-7-8-9(13)10(11,12)14/h9H,2-8H2,1H3. The van der Waals surface area contributed by atoms with Crippen molar-refractivity contribution in [3.63, 3.8) is 0 Å². The van der Waals surface area contributed by atoms with Crippen LogP contribution < -0.4 is 0 Å². The van der Waals surface area contributed by atoms with E-state index in [4.69, 9.17) is 0 Å². The summed E-state index contributed by atoms with van der Waals surface area (Å²) < 4.78 is 23.8. The van der Waals surface area contributed by atoms with Crippen LogP contribution in [0.25, 0.3) is 0 Å². The molecule has 0 aliphatic carbocycles. The third kappa shape index (κ3) is 8.16. The molecule has 1 unspecified atom stereocenters. The first kappa shape index (κ1) is 14.8. The summed E-state index contributed by atoms with van der Waals surface area (Å²) in [5.74, 6) is 0. The minimum atomic E-state index is -2.04. The first-order valence-electron chi connectivity index (χ1n) is 5.19. The van der Waals surface area contributed by atoms with Gasteiger partial charge in [-0.1, -0.05) is 45.4 Å². The largest absolute Gasteiger partial charge is 0.249 e. The molecule has 0 saturated heterocycles. The van der Waals surface area contributed by atoms with Gasteiger partial charge in [-0.15, -0.1) is 0 Å². The monoisotopic (exact) mass is 334 g/mol. The zero-order valence-electron chi connectivity index (χ0n) is 8.54. The normalized spacial score (nSPS) is 14.4. The Balaban J connectivity index is 3.28. The third-order valence-corrected chi connectivity index (χ3v) is 3.16. The Morgan fingerprint density at radius 1 is 1.07 bits per heavy atom. The number of hydrogen-bond donors (Lipinski definition) is 0. The highest BCUT2D eigenvalue weighted by Crippen LogP contribution is 2.36. The fourth-order valence-electron chi connectivity index (χ4n) is 1.27. The van der Waals surface area contributed by atoms with Crippen LogP contribution in [0.3, 0.4) is 0 Å². The maximum atomic E-state index is 13.0. The average Bonchev–Trinajstić information content (AvgIpc) is 2.09. The molecule has 0 fully saturated rings. The highest BCUT2D eigenvalue weighted by atomic mass is 79.9. The van der Waals surface area contributed by atoms with Gasteiger partial charge in [-0.2, -0.15) is 0 Å². The van der Waals surface area contributed by atoms with Gasteiger partial charge in [0.15, 0.2) is 6.17 Å². The van der Waals surface area contributed by atoms with Gasteiger partial charge in [0.05, 0.1) is 0 Å². The summed E-state index contributed by atoms with van der Waals surface area (Å²) in [6, 6.07) is 0. The molecule has 4 heteroatoms. The van der Waals surface area contributed by atoms with Gasteiger partial charge in [-0.3, -0.25) is 0 Å². The molecule has 0 aromatic carbocycles. The van der Waals surface area contributed by atoms with Crippen LogP contribution in [0.2, 0.25) is 0 Å². The third-order valence-electron chi connectivity index (χ3n) is 2.17. The molecule has 14 heavy (non-hydrogen) atoms. The molecule has 0 heterocycles. The SMILES string of the molecule is CCCCCCCCC(F)C(F)(Br)Br. The van der Waals surface area contributed by atoms with Gasteiger partial charge in [-0.05, 0) is 38.3 Å². The topological polar surface area (TPSA) is 0 Å². The maximum absolute atomic E-state index is 13.0. The van der Waals surface area contributed by atoms with Gasteiger partial charge in [0.2, 0.25) is 3.49 Å². The summed E-state index contributed by atoms with van der Waals surface area (Å²) in [7, 11) is 0. The van der Waals surface area contributed by atoms with E-state index < -0.39 is 9.66 Å². The van der Waals surface area contributed by atoms with Gasteiger partial charge in [0, 0.05) is 0 Å². The lowest BCUT2D eigenvalue weighted by molar-refractivity contribution is 0.205. The van der Waals surface area contributed by atoms with Crippen molar-refractivity contribution in [2.24, 2.45) is 0 Å². The van der Waals surface area contributed by atoms with Crippen molar-refractivity contribution >= 4 is 31.9 Å². The molecule has 0 radical (unpaired) electrons. The van der Waals surface area contributed by atoms with Gasteiger partial charge < -0.3 is 0 Å². The molecule has 0 bridgehead atoms. The second-order valence-electron chi connectivity index (χ2n) is 3.57. The van der Waals surface area contributed by atoms with Crippen LogP contribution in [0, 0.1) is 0 Å². The number of hydrogen-bond acceptors (Lipinski definition) is 0. The minimum Gasteiger partial charge on any atom is -0.242 e. The Morgan fingerprint density at radius 2 is 1.57 bits per heavy atom. The number of unbranched alkanes of at least 4 members (excludes halogenated alkanes) is 5. The second kappa shape index (κ2) is 8.03. The zero-order chi connectivity index (χ0) is 11.0. The number of rotatable bonds is 8. The van der Waals surface area contributed by atoms with Crippen LogP contribution in [-0.2, 0) is 0 Å². The quantitative estimate of drug-likeness (QED) is 0.406. The number of alkyl halides is 4. The maximum Gasteiger partial charge on any atom is 0.249 e. The van der Waals surface area contributed by atoms with E-state index in [0.29, 0.717) is 0 Å². The Morgan fingerprint density at radius 3 is 2.07 bits per heavy atom. The Bertz CT molecular complexity index is 135. The summed E-state index contributed by atoms with van der Waals surface area (Å²) in [6.07, 6.45) is 5.35. The van der Waals surface area contributed by atoms with E-state index in [1.807, 2.05) is 0 Å². The molecular weight excluding hydrogens is 318 g/mol. The summed E-state index contributed by atoms with van der Waals surface area (Å²) in [6.45, 7) is 2.16. The van der Waals surface area contributed by atoms with Gasteiger partial charge in [-0.25, -0.2) is 8.78 Å². The van der Waals surface area contributed by atoms with Crippen molar-refractivity contribution in [2.45, 2.75) is 61.5 Å². The molecule has 0 aromatic rings. The van der Waals surface area contributed by atoms with Crippen LogP contribution in [0.15, 0.2) is 0 Å². The highest BCUT2D eigenvalue weighted by molar-refractivity contribution is 9.25. The van der Waals surface area contributed by atoms with Crippen LogP contribution in [0.5, 0.6) is 0 Å². The second-order valence-corrected chi connectivity index (χ2v) is 6.94. The van der Waals surface area contributed by atoms with Crippen molar-refractivity contribution in [2.75, 3.05) is 0 Å². The van der Waals surface area contributed by atoms with Crippen LogP contribution in [0.4, 0.5) is 8.78 Å². The van der Waals surface area contributed by atoms with Gasteiger partial charge >= 0.3 is 0 Å². The highest BCUT2D eigenvalue weighted by Gasteiger charge is 2.32. The van der Waals surface area contributed by atoms with E-state index in [0.717, 1.165) is 19.3 Å². The zero-order valence-corrected chi connectivity index (χ0v) is 11.7. The Hall–Kier alpha value is 0.820. The van der Waals surface area contributed by atoms with E-state index in [-0.39, 0.29) is 6.42 Å². The lowest BCUT2D eigenvalue weighted by atomic mass is 10.1. The summed E-state index contributed by atoms with van der Waals surface area (Å²) in [5, 5.41) is 0. The van der Waals surface area contributed by atoms with E-state index in [1.165, 1.54) is 19.3 Å². The van der Waals surface area contributed by atoms with Crippen molar-refractivity contribution < 1.29 is 8.78 Å². The molecule has 0 rings (SSSR count). The predicted molar refractivity (Wildman–Crippen MR) is 64.6 cm³/mol. The lowest BCUT2D eigenvalue weighted by Gasteiger charge is -2.15. The minimum absolute atomic E-state index is 0.277. The molecule has 0 N–H and O–H groups in total. The Labute approximate surface area is 102 Å². The molecule has 86 valence electrons. The van der Waals surface area contributed by atoms with Crippen molar-refractivity contribution in [1.82, 2.24) is 0 Å². The molecule has 0 spiro atoms. The molecule has 0 aliphatic rings. The van der Waals surface area contributed by atoms with E-state index in [1.54, 1.807) is 0 Å². The molecule has 0 nitrogen and oxygen atoms in total. The van der Waals surface area contributed by atoms with Crippen LogP contribution >= 0.6 is 31.9 Å². The van der Waals surface area contributed by atoms with E-state index >= 15 is 0 Å². The molecular formula is C10H18Br2F2.